The number of carbonyl (C=O) groups is 2. The third-order valence-corrected chi connectivity index (χ3v) is 3.81. The number of pyridine rings is 1. The molecule has 1 fully saturated rings. The summed E-state index contributed by atoms with van der Waals surface area (Å²) in [5.41, 5.74) is 0. The molecule has 1 heterocycles. The second-order valence-corrected chi connectivity index (χ2v) is 5.56. The van der Waals surface area contributed by atoms with Gasteiger partial charge in [-0.25, -0.2) is 9.78 Å². The Labute approximate surface area is 135 Å². The van der Waals surface area contributed by atoms with Crippen molar-refractivity contribution in [2.45, 2.75) is 32.1 Å². The number of anilines is 1. The van der Waals surface area contributed by atoms with Gasteiger partial charge in [0.25, 0.3) is 0 Å². The van der Waals surface area contributed by atoms with Crippen molar-refractivity contribution >= 4 is 17.8 Å². The smallest absolute Gasteiger partial charge is 0.407 e. The van der Waals surface area contributed by atoms with E-state index in [-0.39, 0.29) is 6.54 Å². The lowest BCUT2D eigenvalue weighted by Crippen LogP contribution is -2.33. The van der Waals surface area contributed by atoms with Gasteiger partial charge in [-0.1, -0.05) is 19.3 Å². The zero-order valence-electron chi connectivity index (χ0n) is 13.3. The quantitative estimate of drug-likeness (QED) is 0.839. The first kappa shape index (κ1) is 17.1. The van der Waals surface area contributed by atoms with Crippen molar-refractivity contribution in [3.63, 3.8) is 0 Å². The van der Waals surface area contributed by atoms with Crippen molar-refractivity contribution < 1.29 is 19.1 Å². The van der Waals surface area contributed by atoms with E-state index in [9.17, 15) is 9.59 Å². The number of hydrogen-bond donors (Lipinski definition) is 2. The maximum absolute atomic E-state index is 11.8. The Kier molecular flexibility index (Phi) is 6.65. The van der Waals surface area contributed by atoms with Gasteiger partial charge in [0.2, 0.25) is 5.91 Å². The first-order valence-corrected chi connectivity index (χ1v) is 7.88. The van der Waals surface area contributed by atoms with Crippen LogP contribution in [0.5, 0.6) is 5.75 Å². The minimum absolute atomic E-state index is 0.189. The molecule has 0 radical (unpaired) electrons. The number of nitrogens with zero attached hydrogens (tertiary/aromatic N) is 1. The highest BCUT2D eigenvalue weighted by molar-refractivity contribution is 5.94. The number of carbonyl (C=O) groups excluding carboxylic acids is 2. The first-order valence-electron chi connectivity index (χ1n) is 7.88. The minimum Gasteiger partial charge on any atom is -0.489 e. The molecule has 0 saturated heterocycles. The minimum atomic E-state index is -0.657. The zero-order chi connectivity index (χ0) is 16.5. The van der Waals surface area contributed by atoms with Gasteiger partial charge in [0, 0.05) is 6.20 Å². The second-order valence-electron chi connectivity index (χ2n) is 5.56. The molecule has 126 valence electrons. The van der Waals surface area contributed by atoms with E-state index >= 15 is 0 Å². The van der Waals surface area contributed by atoms with Crippen molar-refractivity contribution in [3.8, 4) is 5.75 Å². The number of rotatable bonds is 6. The Morgan fingerprint density at radius 1 is 1.30 bits per heavy atom. The summed E-state index contributed by atoms with van der Waals surface area (Å²) in [6.45, 7) is 0.445. The van der Waals surface area contributed by atoms with Crippen LogP contribution in [-0.4, -0.2) is 37.2 Å². The average molecular weight is 321 g/mol. The highest BCUT2D eigenvalue weighted by atomic mass is 16.5. The number of ether oxygens (including phenoxy) is 2. The molecule has 0 spiro atoms. The molecule has 7 nitrogen and oxygen atoms in total. The number of nitrogens with one attached hydrogen (secondary N) is 2. The Morgan fingerprint density at radius 2 is 2.09 bits per heavy atom. The Hall–Kier alpha value is -2.31. The van der Waals surface area contributed by atoms with Crippen molar-refractivity contribution in [1.82, 2.24) is 10.3 Å². The molecule has 0 bridgehead atoms. The van der Waals surface area contributed by atoms with Crippen LogP contribution in [0.1, 0.15) is 32.1 Å². The number of hydrogen-bond acceptors (Lipinski definition) is 5. The summed E-state index contributed by atoms with van der Waals surface area (Å²) in [7, 11) is 1.24. The molecule has 0 unspecified atom stereocenters. The van der Waals surface area contributed by atoms with Crippen LogP contribution in [0.4, 0.5) is 10.6 Å². The van der Waals surface area contributed by atoms with Gasteiger partial charge in [0.1, 0.15) is 6.54 Å². The molecule has 23 heavy (non-hydrogen) atoms. The van der Waals surface area contributed by atoms with Gasteiger partial charge in [0.05, 0.1) is 13.7 Å². The van der Waals surface area contributed by atoms with Crippen LogP contribution in [0.15, 0.2) is 18.3 Å². The van der Waals surface area contributed by atoms with Crippen molar-refractivity contribution in [2.24, 2.45) is 5.92 Å². The molecule has 7 heteroatoms. The fraction of sp³-hybridized carbons (Fsp3) is 0.562. The van der Waals surface area contributed by atoms with Crippen LogP contribution in [0.25, 0.3) is 0 Å². The topological polar surface area (TPSA) is 89.5 Å². The van der Waals surface area contributed by atoms with E-state index < -0.39 is 12.0 Å². The predicted molar refractivity (Wildman–Crippen MR) is 85.3 cm³/mol. The van der Waals surface area contributed by atoms with E-state index in [1.807, 2.05) is 0 Å². The highest BCUT2D eigenvalue weighted by Crippen LogP contribution is 2.26. The lowest BCUT2D eigenvalue weighted by Gasteiger charge is -2.22. The van der Waals surface area contributed by atoms with E-state index in [2.05, 4.69) is 20.4 Å². The van der Waals surface area contributed by atoms with E-state index in [0.29, 0.717) is 24.1 Å². The summed E-state index contributed by atoms with van der Waals surface area (Å²) in [4.78, 5) is 26.9. The molecule has 2 N–H and O–H groups in total. The average Bonchev–Trinajstić information content (AvgIpc) is 2.59. The maximum Gasteiger partial charge on any atom is 0.407 e. The van der Waals surface area contributed by atoms with Crippen LogP contribution < -0.4 is 15.4 Å². The molecule has 1 aromatic heterocycles. The molecule has 1 aliphatic carbocycles. The Balaban J connectivity index is 1.86. The first-order chi connectivity index (χ1) is 11.2. The third-order valence-electron chi connectivity index (χ3n) is 3.81. The molecule has 1 aromatic rings. The molecular formula is C16H23N3O4. The number of aromatic nitrogens is 1. The fourth-order valence-corrected chi connectivity index (χ4v) is 2.56. The highest BCUT2D eigenvalue weighted by Gasteiger charge is 2.16. The van der Waals surface area contributed by atoms with E-state index in [4.69, 9.17) is 4.74 Å². The van der Waals surface area contributed by atoms with Gasteiger partial charge in [-0.3, -0.25) is 4.79 Å². The van der Waals surface area contributed by atoms with Gasteiger partial charge in [-0.05, 0) is 30.9 Å². The molecule has 1 aliphatic rings. The lowest BCUT2D eigenvalue weighted by molar-refractivity contribution is -0.115. The fourth-order valence-electron chi connectivity index (χ4n) is 2.56. The van der Waals surface area contributed by atoms with Crippen LogP contribution in [-0.2, 0) is 9.53 Å². The van der Waals surface area contributed by atoms with Crippen LogP contribution >= 0.6 is 0 Å². The standard InChI is InChI=1S/C16H23N3O4/c1-22-16(21)18-10-14(20)19-15-13(8-5-9-17-15)23-11-12-6-3-2-4-7-12/h5,8-9,12H,2-4,6-7,10-11H2,1H3,(H,18,21)(H,17,19,20). The van der Waals surface area contributed by atoms with E-state index in [1.165, 1.54) is 39.2 Å². The molecular weight excluding hydrogens is 298 g/mol. The van der Waals surface area contributed by atoms with Gasteiger partial charge < -0.3 is 20.1 Å². The summed E-state index contributed by atoms with van der Waals surface area (Å²) < 4.78 is 10.2. The van der Waals surface area contributed by atoms with Gasteiger partial charge >= 0.3 is 6.09 Å². The van der Waals surface area contributed by atoms with Crippen LogP contribution in [0.3, 0.4) is 0 Å². The predicted octanol–water partition coefficient (Wildman–Crippen LogP) is 2.34. The van der Waals surface area contributed by atoms with Crippen molar-refractivity contribution in [1.29, 1.82) is 0 Å². The number of alkyl carbamates (subject to hydrolysis) is 1. The lowest BCUT2D eigenvalue weighted by atomic mass is 9.90. The molecule has 0 aliphatic heterocycles. The SMILES string of the molecule is COC(=O)NCC(=O)Nc1ncccc1OCC1CCCCC1. The van der Waals surface area contributed by atoms with Gasteiger partial charge in [0.15, 0.2) is 11.6 Å². The second kappa shape index (κ2) is 8.97. The summed E-state index contributed by atoms with van der Waals surface area (Å²) >= 11 is 0. The summed E-state index contributed by atoms with van der Waals surface area (Å²) in [5, 5.41) is 4.95. The molecule has 2 rings (SSSR count). The van der Waals surface area contributed by atoms with Gasteiger partial charge in [-0.15, -0.1) is 0 Å². The summed E-state index contributed by atoms with van der Waals surface area (Å²) in [5.74, 6) is 1.08. The number of methoxy groups -OCH3 is 1. The molecule has 1 saturated carbocycles. The van der Waals surface area contributed by atoms with Crippen molar-refractivity contribution in [3.05, 3.63) is 18.3 Å². The van der Waals surface area contributed by atoms with Crippen molar-refractivity contribution in [2.75, 3.05) is 25.6 Å². The Morgan fingerprint density at radius 3 is 2.83 bits per heavy atom. The monoisotopic (exact) mass is 321 g/mol. The summed E-state index contributed by atoms with van der Waals surface area (Å²) in [6.07, 6.45) is 7.10. The Bertz CT molecular complexity index is 530. The normalized spacial score (nSPS) is 14.8. The largest absolute Gasteiger partial charge is 0.489 e. The van der Waals surface area contributed by atoms with Crippen LogP contribution in [0, 0.1) is 5.92 Å². The van der Waals surface area contributed by atoms with Gasteiger partial charge in [-0.2, -0.15) is 0 Å². The number of amides is 2. The molecule has 0 aromatic carbocycles. The molecule has 2 amide bonds. The van der Waals surface area contributed by atoms with E-state index in [0.717, 1.165) is 0 Å². The molecule has 0 atom stereocenters. The zero-order valence-corrected chi connectivity index (χ0v) is 13.3. The third kappa shape index (κ3) is 5.77. The maximum atomic E-state index is 11.8. The summed E-state index contributed by atoms with van der Waals surface area (Å²) in [6, 6.07) is 3.54. The van der Waals surface area contributed by atoms with Crippen LogP contribution in [0.2, 0.25) is 0 Å². The van der Waals surface area contributed by atoms with E-state index in [1.54, 1.807) is 18.3 Å².